The van der Waals surface area contributed by atoms with Crippen LogP contribution in [-0.4, -0.2) is 69.6 Å². The third kappa shape index (κ3) is 2.92. The average molecular weight is 284 g/mol. The fraction of sp³-hybridized carbons (Fsp3) is 0.769. The first-order chi connectivity index (χ1) is 9.40. The highest BCUT2D eigenvalue weighted by Gasteiger charge is 2.41. The van der Waals surface area contributed by atoms with Crippen LogP contribution in [-0.2, 0) is 14.4 Å². The van der Waals surface area contributed by atoms with Gasteiger partial charge in [-0.1, -0.05) is 0 Å². The highest BCUT2D eigenvalue weighted by atomic mass is 16.4. The Morgan fingerprint density at radius 1 is 1.15 bits per heavy atom. The van der Waals surface area contributed by atoms with Gasteiger partial charge in [0.1, 0.15) is 6.04 Å². The number of aliphatic carboxylic acids is 1. The Bertz CT molecular complexity index is 417. The van der Waals surface area contributed by atoms with E-state index in [0.717, 1.165) is 0 Å². The summed E-state index contributed by atoms with van der Waals surface area (Å²) in [4.78, 5) is 37.7. The number of β-amino-alcohol motifs (C(OH)–C–C–N with tert-alkyl or cyclic N) is 1. The summed E-state index contributed by atoms with van der Waals surface area (Å²) in [5.74, 6) is -1.54. The zero-order chi connectivity index (χ0) is 14.9. The molecular formula is C13H20N2O5. The minimum Gasteiger partial charge on any atom is -0.480 e. The molecule has 2 amide bonds. The number of likely N-dealkylation sites (tertiary alicyclic amines) is 2. The van der Waals surface area contributed by atoms with E-state index in [-0.39, 0.29) is 30.7 Å². The highest BCUT2D eigenvalue weighted by molar-refractivity contribution is 5.86. The summed E-state index contributed by atoms with van der Waals surface area (Å²) in [6.45, 7) is 2.64. The van der Waals surface area contributed by atoms with Gasteiger partial charge in [0.05, 0.1) is 6.10 Å². The molecule has 2 heterocycles. The average Bonchev–Trinajstić information content (AvgIpc) is 2.80. The van der Waals surface area contributed by atoms with Crippen molar-refractivity contribution in [3.63, 3.8) is 0 Å². The predicted molar refractivity (Wildman–Crippen MR) is 68.7 cm³/mol. The normalized spacial score (nSPS) is 27.7. The SMILES string of the molecule is CC(=O)N1CCC(C(=O)N2CC(O)C[C@H]2C(=O)O)CC1. The minimum absolute atomic E-state index is 0.00379. The number of hydrogen-bond donors (Lipinski definition) is 2. The van der Waals surface area contributed by atoms with E-state index >= 15 is 0 Å². The van der Waals surface area contributed by atoms with Gasteiger partial charge in [-0.15, -0.1) is 0 Å². The molecule has 7 nitrogen and oxygen atoms in total. The number of hydrogen-bond acceptors (Lipinski definition) is 4. The second-order valence-corrected chi connectivity index (χ2v) is 5.51. The third-order valence-electron chi connectivity index (χ3n) is 4.14. The van der Waals surface area contributed by atoms with E-state index < -0.39 is 18.1 Å². The Labute approximate surface area is 117 Å². The minimum atomic E-state index is -1.07. The predicted octanol–water partition coefficient (Wildman–Crippen LogP) is -0.709. The molecule has 0 radical (unpaired) electrons. The summed E-state index contributed by atoms with van der Waals surface area (Å²) < 4.78 is 0. The topological polar surface area (TPSA) is 98.2 Å². The van der Waals surface area contributed by atoms with Crippen LogP contribution in [0.25, 0.3) is 0 Å². The van der Waals surface area contributed by atoms with Crippen molar-refractivity contribution >= 4 is 17.8 Å². The van der Waals surface area contributed by atoms with E-state index in [0.29, 0.717) is 25.9 Å². The van der Waals surface area contributed by atoms with Crippen LogP contribution in [0.15, 0.2) is 0 Å². The zero-order valence-corrected chi connectivity index (χ0v) is 11.5. The number of rotatable bonds is 2. The van der Waals surface area contributed by atoms with Gasteiger partial charge in [0.15, 0.2) is 0 Å². The van der Waals surface area contributed by atoms with Crippen LogP contribution >= 0.6 is 0 Å². The molecule has 0 aliphatic carbocycles. The standard InChI is InChI=1S/C13H20N2O5/c1-8(16)14-4-2-9(3-5-14)12(18)15-7-10(17)6-11(15)13(19)20/h9-11,17H,2-7H2,1H3,(H,19,20)/t10?,11-/m0/s1. The smallest absolute Gasteiger partial charge is 0.326 e. The maximum Gasteiger partial charge on any atom is 0.326 e. The second-order valence-electron chi connectivity index (χ2n) is 5.51. The molecule has 2 atom stereocenters. The van der Waals surface area contributed by atoms with E-state index in [9.17, 15) is 19.5 Å². The molecule has 0 bridgehead atoms. The zero-order valence-electron chi connectivity index (χ0n) is 11.5. The van der Waals surface area contributed by atoms with Gasteiger partial charge >= 0.3 is 5.97 Å². The molecular weight excluding hydrogens is 264 g/mol. The number of carbonyl (C=O) groups is 3. The summed E-state index contributed by atoms with van der Waals surface area (Å²) in [7, 11) is 0. The lowest BCUT2D eigenvalue weighted by atomic mass is 9.95. The van der Waals surface area contributed by atoms with E-state index in [1.165, 1.54) is 11.8 Å². The first-order valence-electron chi connectivity index (χ1n) is 6.87. The molecule has 112 valence electrons. The Balaban J connectivity index is 1.98. The van der Waals surface area contributed by atoms with Crippen LogP contribution in [0.2, 0.25) is 0 Å². The van der Waals surface area contributed by atoms with E-state index in [2.05, 4.69) is 0 Å². The van der Waals surface area contributed by atoms with Crippen LogP contribution in [0.1, 0.15) is 26.2 Å². The van der Waals surface area contributed by atoms with Crippen LogP contribution in [0.5, 0.6) is 0 Å². The van der Waals surface area contributed by atoms with E-state index in [1.807, 2.05) is 0 Å². The fourth-order valence-corrected chi connectivity index (χ4v) is 2.97. The molecule has 2 aliphatic heterocycles. The quantitative estimate of drug-likeness (QED) is 0.698. The maximum atomic E-state index is 12.4. The number of carboxylic acids is 1. The first kappa shape index (κ1) is 14.8. The Morgan fingerprint density at radius 2 is 1.75 bits per heavy atom. The molecule has 0 aromatic carbocycles. The second kappa shape index (κ2) is 5.78. The lowest BCUT2D eigenvalue weighted by molar-refractivity contribution is -0.151. The fourth-order valence-electron chi connectivity index (χ4n) is 2.97. The molecule has 2 N–H and O–H groups in total. The summed E-state index contributed by atoms with van der Waals surface area (Å²) in [5.41, 5.74) is 0. The maximum absolute atomic E-state index is 12.4. The van der Waals surface area contributed by atoms with Crippen molar-refractivity contribution in [2.24, 2.45) is 5.92 Å². The van der Waals surface area contributed by atoms with Crippen LogP contribution in [0, 0.1) is 5.92 Å². The van der Waals surface area contributed by atoms with Crippen LogP contribution in [0.4, 0.5) is 0 Å². The summed E-state index contributed by atoms with van der Waals surface area (Å²) in [6.07, 6.45) is 0.430. The molecule has 2 rings (SSSR count). The van der Waals surface area contributed by atoms with Crippen LogP contribution < -0.4 is 0 Å². The number of piperidine rings is 1. The van der Waals surface area contributed by atoms with Gasteiger partial charge in [-0.3, -0.25) is 9.59 Å². The van der Waals surface area contributed by atoms with E-state index in [1.54, 1.807) is 4.90 Å². The van der Waals surface area contributed by atoms with Crippen LogP contribution in [0.3, 0.4) is 0 Å². The monoisotopic (exact) mass is 284 g/mol. The molecule has 1 unspecified atom stereocenters. The van der Waals surface area contributed by atoms with Gasteiger partial charge in [-0.05, 0) is 12.8 Å². The van der Waals surface area contributed by atoms with Crippen molar-refractivity contribution in [2.45, 2.75) is 38.3 Å². The van der Waals surface area contributed by atoms with Crippen molar-refractivity contribution in [1.82, 2.24) is 9.80 Å². The number of carbonyl (C=O) groups excluding carboxylic acids is 2. The van der Waals surface area contributed by atoms with Crippen molar-refractivity contribution < 1.29 is 24.6 Å². The molecule has 2 aliphatic rings. The van der Waals surface area contributed by atoms with Crippen molar-refractivity contribution in [3.8, 4) is 0 Å². The lowest BCUT2D eigenvalue weighted by Crippen LogP contribution is -2.47. The Hall–Kier alpha value is -1.63. The molecule has 20 heavy (non-hydrogen) atoms. The largest absolute Gasteiger partial charge is 0.480 e. The number of carboxylic acid groups (broad SMARTS) is 1. The summed E-state index contributed by atoms with van der Waals surface area (Å²) in [6, 6.07) is -0.927. The van der Waals surface area contributed by atoms with Gasteiger partial charge in [0.25, 0.3) is 0 Å². The lowest BCUT2D eigenvalue weighted by Gasteiger charge is -2.33. The molecule has 0 aromatic heterocycles. The van der Waals surface area contributed by atoms with Gasteiger partial charge < -0.3 is 20.0 Å². The van der Waals surface area contributed by atoms with E-state index in [4.69, 9.17) is 5.11 Å². The molecule has 2 fully saturated rings. The molecule has 0 saturated carbocycles. The Morgan fingerprint density at radius 3 is 2.25 bits per heavy atom. The highest BCUT2D eigenvalue weighted by Crippen LogP contribution is 2.25. The number of aliphatic hydroxyl groups is 1. The van der Waals surface area contributed by atoms with Crippen molar-refractivity contribution in [1.29, 1.82) is 0 Å². The number of nitrogens with zero attached hydrogens (tertiary/aromatic N) is 2. The first-order valence-corrected chi connectivity index (χ1v) is 6.87. The number of aliphatic hydroxyl groups excluding tert-OH is 1. The van der Waals surface area contributed by atoms with Crippen molar-refractivity contribution in [3.05, 3.63) is 0 Å². The van der Waals surface area contributed by atoms with Gasteiger partial charge in [-0.2, -0.15) is 0 Å². The molecule has 2 saturated heterocycles. The van der Waals surface area contributed by atoms with Crippen molar-refractivity contribution in [2.75, 3.05) is 19.6 Å². The molecule has 0 spiro atoms. The molecule has 0 aromatic rings. The summed E-state index contributed by atoms with van der Waals surface area (Å²) >= 11 is 0. The van der Waals surface area contributed by atoms with Gasteiger partial charge in [0, 0.05) is 38.9 Å². The summed E-state index contributed by atoms with van der Waals surface area (Å²) in [5, 5.41) is 18.7. The Kier molecular flexibility index (Phi) is 4.27. The third-order valence-corrected chi connectivity index (χ3v) is 4.14. The van der Waals surface area contributed by atoms with Gasteiger partial charge in [0.2, 0.25) is 11.8 Å². The molecule has 7 heteroatoms. The van der Waals surface area contributed by atoms with Gasteiger partial charge in [-0.25, -0.2) is 4.79 Å². The number of amides is 2.